The largest absolute Gasteiger partial charge is 0.348 e. The van der Waals surface area contributed by atoms with Crippen molar-refractivity contribution in [1.82, 2.24) is 4.98 Å². The molecular weight excluding hydrogens is 210 g/mol. The second-order valence-electron chi connectivity index (χ2n) is 3.28. The van der Waals surface area contributed by atoms with Gasteiger partial charge in [-0.1, -0.05) is 0 Å². The topological polar surface area (TPSA) is 49.9 Å². The first kappa shape index (κ1) is 9.09. The average molecular weight is 220 g/mol. The van der Waals surface area contributed by atoms with E-state index in [0.29, 0.717) is 0 Å². The number of aromatic amines is 1. The standard InChI is InChI=1S/C8H10ClNO2S/c9-13(11,12)8-5-6-3-1-2-4-7(6)10-8/h5,10H,1-4H2. The first-order valence-corrected chi connectivity index (χ1v) is 6.54. The number of aryl methyl sites for hydroxylation is 2. The van der Waals surface area contributed by atoms with E-state index in [-0.39, 0.29) is 5.03 Å². The predicted molar refractivity (Wildman–Crippen MR) is 50.5 cm³/mol. The Bertz CT molecular complexity index is 398. The van der Waals surface area contributed by atoms with Crippen molar-refractivity contribution in [1.29, 1.82) is 0 Å². The van der Waals surface area contributed by atoms with E-state index in [2.05, 4.69) is 4.98 Å². The number of fused-ring (bicyclic) bond motifs is 1. The Kier molecular flexibility index (Phi) is 2.12. The van der Waals surface area contributed by atoms with E-state index in [1.54, 1.807) is 6.07 Å². The molecule has 1 aromatic rings. The molecule has 0 aliphatic heterocycles. The highest BCUT2D eigenvalue weighted by Gasteiger charge is 2.18. The van der Waals surface area contributed by atoms with Crippen molar-refractivity contribution in [3.8, 4) is 0 Å². The third-order valence-electron chi connectivity index (χ3n) is 2.35. The average Bonchev–Trinajstić information content (AvgIpc) is 2.45. The molecule has 0 amide bonds. The molecule has 0 saturated heterocycles. The lowest BCUT2D eigenvalue weighted by Crippen LogP contribution is -1.99. The van der Waals surface area contributed by atoms with Crippen molar-refractivity contribution in [3.05, 3.63) is 17.3 Å². The molecule has 1 aliphatic carbocycles. The summed E-state index contributed by atoms with van der Waals surface area (Å²) in [4.78, 5) is 2.85. The predicted octanol–water partition coefficient (Wildman–Crippen LogP) is 1.82. The van der Waals surface area contributed by atoms with Gasteiger partial charge in [0.1, 0.15) is 5.03 Å². The van der Waals surface area contributed by atoms with Crippen LogP contribution in [-0.2, 0) is 21.9 Å². The third-order valence-corrected chi connectivity index (χ3v) is 3.60. The molecule has 0 aromatic carbocycles. The highest BCUT2D eigenvalue weighted by atomic mass is 35.7. The quantitative estimate of drug-likeness (QED) is 0.733. The van der Waals surface area contributed by atoms with E-state index in [1.807, 2.05) is 0 Å². The maximum atomic E-state index is 11.0. The van der Waals surface area contributed by atoms with Gasteiger partial charge < -0.3 is 4.98 Å². The molecule has 0 bridgehead atoms. The summed E-state index contributed by atoms with van der Waals surface area (Å²) in [5, 5.41) is 0.140. The van der Waals surface area contributed by atoms with E-state index in [0.717, 1.165) is 36.9 Å². The van der Waals surface area contributed by atoms with Crippen LogP contribution in [0.15, 0.2) is 11.1 Å². The maximum Gasteiger partial charge on any atom is 0.276 e. The zero-order chi connectivity index (χ0) is 9.47. The van der Waals surface area contributed by atoms with Crippen LogP contribution in [0.4, 0.5) is 0 Å². The minimum absolute atomic E-state index is 0.140. The van der Waals surface area contributed by atoms with Gasteiger partial charge in [-0.25, -0.2) is 8.42 Å². The number of nitrogens with one attached hydrogen (secondary N) is 1. The van der Waals surface area contributed by atoms with Crippen LogP contribution in [0.3, 0.4) is 0 Å². The monoisotopic (exact) mass is 219 g/mol. The van der Waals surface area contributed by atoms with E-state index in [1.165, 1.54) is 0 Å². The Morgan fingerprint density at radius 2 is 2.00 bits per heavy atom. The number of halogens is 1. The molecular formula is C8H10ClNO2S. The molecule has 0 atom stereocenters. The fourth-order valence-corrected chi connectivity index (χ4v) is 2.48. The van der Waals surface area contributed by atoms with Crippen molar-refractivity contribution < 1.29 is 8.42 Å². The van der Waals surface area contributed by atoms with Gasteiger partial charge >= 0.3 is 0 Å². The lowest BCUT2D eigenvalue weighted by Gasteiger charge is -2.08. The van der Waals surface area contributed by atoms with Gasteiger partial charge in [-0.05, 0) is 37.3 Å². The van der Waals surface area contributed by atoms with Crippen LogP contribution in [0, 0.1) is 0 Å². The van der Waals surface area contributed by atoms with E-state index < -0.39 is 9.05 Å². The van der Waals surface area contributed by atoms with Crippen LogP contribution in [0.5, 0.6) is 0 Å². The van der Waals surface area contributed by atoms with Gasteiger partial charge in [-0.2, -0.15) is 0 Å². The van der Waals surface area contributed by atoms with Gasteiger partial charge in [-0.15, -0.1) is 0 Å². The second kappa shape index (κ2) is 3.03. The zero-order valence-corrected chi connectivity index (χ0v) is 8.58. The van der Waals surface area contributed by atoms with Crippen LogP contribution >= 0.6 is 10.7 Å². The fourth-order valence-electron chi connectivity index (χ4n) is 1.71. The minimum Gasteiger partial charge on any atom is -0.348 e. The summed E-state index contributed by atoms with van der Waals surface area (Å²) in [6.45, 7) is 0. The Balaban J connectivity index is 2.47. The molecule has 1 N–H and O–H groups in total. The Labute approximate surface area is 81.5 Å². The third kappa shape index (κ3) is 1.74. The molecule has 1 aliphatic rings. The molecule has 0 unspecified atom stereocenters. The SMILES string of the molecule is O=S(=O)(Cl)c1cc2c([nH]1)CCCC2. The van der Waals surface area contributed by atoms with Crippen LogP contribution < -0.4 is 0 Å². The van der Waals surface area contributed by atoms with Gasteiger partial charge in [-0.3, -0.25) is 0 Å². The molecule has 2 rings (SSSR count). The molecule has 0 spiro atoms. The van der Waals surface area contributed by atoms with Gasteiger partial charge in [0, 0.05) is 16.4 Å². The smallest absolute Gasteiger partial charge is 0.276 e. The number of aromatic nitrogens is 1. The van der Waals surface area contributed by atoms with Crippen molar-refractivity contribution in [2.45, 2.75) is 30.7 Å². The Morgan fingerprint density at radius 1 is 1.31 bits per heavy atom. The number of hydrogen-bond acceptors (Lipinski definition) is 2. The summed E-state index contributed by atoms with van der Waals surface area (Å²) in [5.74, 6) is 0. The number of H-pyrrole nitrogens is 1. The number of hydrogen-bond donors (Lipinski definition) is 1. The maximum absolute atomic E-state index is 11.0. The first-order valence-electron chi connectivity index (χ1n) is 4.23. The van der Waals surface area contributed by atoms with Crippen LogP contribution in [-0.4, -0.2) is 13.4 Å². The fraction of sp³-hybridized carbons (Fsp3) is 0.500. The highest BCUT2D eigenvalue weighted by molar-refractivity contribution is 8.13. The lowest BCUT2D eigenvalue weighted by atomic mass is 9.98. The zero-order valence-electron chi connectivity index (χ0n) is 7.01. The summed E-state index contributed by atoms with van der Waals surface area (Å²) in [6, 6.07) is 1.65. The van der Waals surface area contributed by atoms with Crippen LogP contribution in [0.25, 0.3) is 0 Å². The minimum atomic E-state index is -3.58. The van der Waals surface area contributed by atoms with E-state index in [4.69, 9.17) is 10.7 Å². The van der Waals surface area contributed by atoms with Crippen molar-refractivity contribution >= 4 is 19.7 Å². The van der Waals surface area contributed by atoms with Crippen molar-refractivity contribution in [2.75, 3.05) is 0 Å². The summed E-state index contributed by atoms with van der Waals surface area (Å²) in [5.41, 5.74) is 2.14. The summed E-state index contributed by atoms with van der Waals surface area (Å²) in [7, 11) is 1.64. The second-order valence-corrected chi connectivity index (χ2v) is 5.82. The Morgan fingerprint density at radius 3 is 2.62 bits per heavy atom. The van der Waals surface area contributed by atoms with Gasteiger partial charge in [0.05, 0.1) is 0 Å². The molecule has 0 saturated carbocycles. The molecule has 72 valence electrons. The molecule has 0 fully saturated rings. The molecule has 3 nitrogen and oxygen atoms in total. The summed E-state index contributed by atoms with van der Waals surface area (Å²) >= 11 is 0. The van der Waals surface area contributed by atoms with Gasteiger partial charge in [0.15, 0.2) is 0 Å². The molecule has 1 heterocycles. The van der Waals surface area contributed by atoms with Crippen LogP contribution in [0.1, 0.15) is 24.1 Å². The highest BCUT2D eigenvalue weighted by Crippen LogP contribution is 2.25. The molecule has 13 heavy (non-hydrogen) atoms. The first-order chi connectivity index (χ1) is 6.07. The summed E-state index contributed by atoms with van der Waals surface area (Å²) < 4.78 is 22.0. The molecule has 0 radical (unpaired) electrons. The normalized spacial score (nSPS) is 17.0. The van der Waals surface area contributed by atoms with E-state index in [9.17, 15) is 8.42 Å². The van der Waals surface area contributed by atoms with Crippen molar-refractivity contribution in [2.24, 2.45) is 0 Å². The molecule has 1 aromatic heterocycles. The van der Waals surface area contributed by atoms with Gasteiger partial charge in [0.2, 0.25) is 0 Å². The lowest BCUT2D eigenvalue weighted by molar-refractivity contribution is 0.606. The molecule has 5 heteroatoms. The van der Waals surface area contributed by atoms with Crippen molar-refractivity contribution in [3.63, 3.8) is 0 Å². The van der Waals surface area contributed by atoms with Gasteiger partial charge in [0.25, 0.3) is 9.05 Å². The van der Waals surface area contributed by atoms with E-state index >= 15 is 0 Å². The Hall–Kier alpha value is -0.480. The van der Waals surface area contributed by atoms with Crippen LogP contribution in [0.2, 0.25) is 0 Å². The number of rotatable bonds is 1. The summed E-state index contributed by atoms with van der Waals surface area (Å²) in [6.07, 6.45) is 4.14.